The maximum Gasteiger partial charge on any atom is 0.320 e. The molecule has 2 unspecified atom stereocenters. The summed E-state index contributed by atoms with van der Waals surface area (Å²) in [7, 11) is 0. The maximum absolute atomic E-state index is 11.7. The van der Waals surface area contributed by atoms with Crippen molar-refractivity contribution in [3.05, 3.63) is 0 Å². The Morgan fingerprint density at radius 2 is 2.00 bits per heavy atom. The zero-order valence-electron chi connectivity index (χ0n) is 11.6. The van der Waals surface area contributed by atoms with Crippen molar-refractivity contribution in [1.29, 1.82) is 0 Å². The number of carbonyl (C=O) groups excluding carboxylic acids is 1. The standard InChI is InChI=1S/C13H23NO4/c1-9-7-10(12(16)17)5-6-14(9)8-11(15)18-13(2,3)4/h9-10H,5-8H2,1-4H3,(H,16,17). The highest BCUT2D eigenvalue weighted by Crippen LogP contribution is 2.23. The van der Waals surface area contributed by atoms with Crippen molar-refractivity contribution in [3.8, 4) is 0 Å². The van der Waals surface area contributed by atoms with E-state index in [1.807, 2.05) is 32.6 Å². The second-order valence-corrected chi connectivity index (χ2v) is 5.97. The predicted octanol–water partition coefficient (Wildman–Crippen LogP) is 1.51. The molecule has 104 valence electrons. The van der Waals surface area contributed by atoms with Crippen molar-refractivity contribution in [1.82, 2.24) is 4.90 Å². The summed E-state index contributed by atoms with van der Waals surface area (Å²) in [6.45, 7) is 8.35. The predicted molar refractivity (Wildman–Crippen MR) is 67.2 cm³/mol. The number of esters is 1. The van der Waals surface area contributed by atoms with Crippen LogP contribution in [0.15, 0.2) is 0 Å². The maximum atomic E-state index is 11.7. The van der Waals surface area contributed by atoms with Gasteiger partial charge in [-0.15, -0.1) is 0 Å². The number of carbonyl (C=O) groups is 2. The summed E-state index contributed by atoms with van der Waals surface area (Å²) in [6, 6.07) is 0.104. The second kappa shape index (κ2) is 5.69. The number of nitrogens with zero attached hydrogens (tertiary/aromatic N) is 1. The normalized spacial score (nSPS) is 25.8. The van der Waals surface area contributed by atoms with Crippen molar-refractivity contribution in [2.45, 2.75) is 52.2 Å². The Kier molecular flexibility index (Phi) is 4.73. The molecule has 0 aromatic heterocycles. The Morgan fingerprint density at radius 1 is 1.39 bits per heavy atom. The largest absolute Gasteiger partial charge is 0.481 e. The summed E-state index contributed by atoms with van der Waals surface area (Å²) in [5.74, 6) is -1.27. The van der Waals surface area contributed by atoms with E-state index in [-0.39, 0.29) is 24.5 Å². The zero-order chi connectivity index (χ0) is 13.9. The molecule has 1 heterocycles. The van der Waals surface area contributed by atoms with E-state index in [0.29, 0.717) is 19.4 Å². The van der Waals surface area contributed by atoms with Crippen LogP contribution in [0.5, 0.6) is 0 Å². The van der Waals surface area contributed by atoms with Crippen LogP contribution in [0.2, 0.25) is 0 Å². The molecular formula is C13H23NO4. The van der Waals surface area contributed by atoms with Gasteiger partial charge in [-0.3, -0.25) is 14.5 Å². The number of hydrogen-bond acceptors (Lipinski definition) is 4. The van der Waals surface area contributed by atoms with Crippen LogP contribution >= 0.6 is 0 Å². The van der Waals surface area contributed by atoms with Gasteiger partial charge in [0.15, 0.2) is 0 Å². The summed E-state index contributed by atoms with van der Waals surface area (Å²) in [5, 5.41) is 8.97. The summed E-state index contributed by atoms with van der Waals surface area (Å²) >= 11 is 0. The lowest BCUT2D eigenvalue weighted by molar-refractivity contribution is -0.157. The van der Waals surface area contributed by atoms with Gasteiger partial charge in [0.05, 0.1) is 12.5 Å². The van der Waals surface area contributed by atoms with Gasteiger partial charge < -0.3 is 9.84 Å². The lowest BCUT2D eigenvalue weighted by Gasteiger charge is -2.35. The van der Waals surface area contributed by atoms with E-state index in [0.717, 1.165) is 0 Å². The molecule has 0 aromatic rings. The Bertz CT molecular complexity index is 321. The Hall–Kier alpha value is -1.10. The van der Waals surface area contributed by atoms with Gasteiger partial charge in [0.2, 0.25) is 0 Å². The third-order valence-corrected chi connectivity index (χ3v) is 3.12. The second-order valence-electron chi connectivity index (χ2n) is 5.97. The third kappa shape index (κ3) is 4.64. The van der Waals surface area contributed by atoms with Gasteiger partial charge in [-0.05, 0) is 47.1 Å². The smallest absolute Gasteiger partial charge is 0.320 e. The number of aliphatic carboxylic acids is 1. The molecule has 0 saturated carbocycles. The molecule has 0 amide bonds. The molecule has 0 radical (unpaired) electrons. The van der Waals surface area contributed by atoms with Gasteiger partial charge >= 0.3 is 11.9 Å². The molecule has 1 fully saturated rings. The number of carboxylic acids is 1. The number of piperidine rings is 1. The third-order valence-electron chi connectivity index (χ3n) is 3.12. The highest BCUT2D eigenvalue weighted by molar-refractivity contribution is 5.72. The van der Waals surface area contributed by atoms with Crippen LogP contribution in [0.3, 0.4) is 0 Å². The van der Waals surface area contributed by atoms with E-state index in [9.17, 15) is 9.59 Å². The SMILES string of the molecule is CC1CC(C(=O)O)CCN1CC(=O)OC(C)(C)C. The molecule has 0 aliphatic carbocycles. The highest BCUT2D eigenvalue weighted by Gasteiger charge is 2.31. The average Bonchev–Trinajstić information content (AvgIpc) is 2.17. The number of ether oxygens (including phenoxy) is 1. The zero-order valence-corrected chi connectivity index (χ0v) is 11.6. The van der Waals surface area contributed by atoms with E-state index in [1.54, 1.807) is 0 Å². The highest BCUT2D eigenvalue weighted by atomic mass is 16.6. The quantitative estimate of drug-likeness (QED) is 0.776. The van der Waals surface area contributed by atoms with Crippen molar-refractivity contribution < 1.29 is 19.4 Å². The number of likely N-dealkylation sites (tertiary alicyclic amines) is 1. The molecule has 1 N–H and O–H groups in total. The van der Waals surface area contributed by atoms with E-state index >= 15 is 0 Å². The molecule has 18 heavy (non-hydrogen) atoms. The minimum absolute atomic E-state index is 0.104. The topological polar surface area (TPSA) is 66.8 Å². The molecule has 1 aliphatic rings. The van der Waals surface area contributed by atoms with Gasteiger partial charge in [-0.2, -0.15) is 0 Å². The molecule has 0 aromatic carbocycles. The first-order valence-electron chi connectivity index (χ1n) is 6.38. The lowest BCUT2D eigenvalue weighted by Crippen LogP contribution is -2.46. The number of hydrogen-bond donors (Lipinski definition) is 1. The fourth-order valence-electron chi connectivity index (χ4n) is 2.22. The van der Waals surface area contributed by atoms with E-state index in [4.69, 9.17) is 9.84 Å². The minimum Gasteiger partial charge on any atom is -0.481 e. The van der Waals surface area contributed by atoms with E-state index in [2.05, 4.69) is 0 Å². The number of rotatable bonds is 3. The fourth-order valence-corrected chi connectivity index (χ4v) is 2.22. The van der Waals surface area contributed by atoms with Crippen LogP contribution in [0.25, 0.3) is 0 Å². The van der Waals surface area contributed by atoms with Gasteiger partial charge in [0.25, 0.3) is 0 Å². The molecule has 0 spiro atoms. The Morgan fingerprint density at radius 3 is 2.44 bits per heavy atom. The first-order valence-corrected chi connectivity index (χ1v) is 6.38. The van der Waals surface area contributed by atoms with Crippen molar-refractivity contribution in [2.24, 2.45) is 5.92 Å². The first-order chi connectivity index (χ1) is 8.19. The average molecular weight is 257 g/mol. The van der Waals surface area contributed by atoms with Crippen molar-refractivity contribution in [2.75, 3.05) is 13.1 Å². The molecule has 1 aliphatic heterocycles. The Balaban J connectivity index is 2.45. The van der Waals surface area contributed by atoms with Crippen LogP contribution in [0.1, 0.15) is 40.5 Å². The molecule has 5 nitrogen and oxygen atoms in total. The van der Waals surface area contributed by atoms with Gasteiger partial charge in [-0.25, -0.2) is 0 Å². The van der Waals surface area contributed by atoms with Gasteiger partial charge in [-0.1, -0.05) is 0 Å². The summed E-state index contributed by atoms with van der Waals surface area (Å²) in [6.07, 6.45) is 1.20. The number of carboxylic acid groups (broad SMARTS) is 1. The van der Waals surface area contributed by atoms with Crippen LogP contribution in [-0.4, -0.2) is 46.7 Å². The van der Waals surface area contributed by atoms with Gasteiger partial charge in [0.1, 0.15) is 5.60 Å². The molecule has 5 heteroatoms. The summed E-state index contributed by atoms with van der Waals surface area (Å²) < 4.78 is 5.27. The van der Waals surface area contributed by atoms with Gasteiger partial charge in [0, 0.05) is 6.04 Å². The summed E-state index contributed by atoms with van der Waals surface area (Å²) in [4.78, 5) is 24.6. The lowest BCUT2D eigenvalue weighted by atomic mass is 9.92. The van der Waals surface area contributed by atoms with E-state index in [1.165, 1.54) is 0 Å². The van der Waals surface area contributed by atoms with Crippen LogP contribution < -0.4 is 0 Å². The van der Waals surface area contributed by atoms with Crippen molar-refractivity contribution in [3.63, 3.8) is 0 Å². The van der Waals surface area contributed by atoms with Crippen LogP contribution in [0, 0.1) is 5.92 Å². The first kappa shape index (κ1) is 15.0. The molecule has 0 bridgehead atoms. The molecule has 1 rings (SSSR count). The van der Waals surface area contributed by atoms with Crippen LogP contribution in [-0.2, 0) is 14.3 Å². The van der Waals surface area contributed by atoms with Crippen molar-refractivity contribution >= 4 is 11.9 Å². The minimum atomic E-state index is -0.737. The molecular weight excluding hydrogens is 234 g/mol. The summed E-state index contributed by atoms with van der Waals surface area (Å²) in [5.41, 5.74) is -0.473. The Labute approximate surface area is 108 Å². The van der Waals surface area contributed by atoms with Crippen LogP contribution in [0.4, 0.5) is 0 Å². The fraction of sp³-hybridized carbons (Fsp3) is 0.846. The molecule has 1 saturated heterocycles. The van der Waals surface area contributed by atoms with E-state index < -0.39 is 11.6 Å². The molecule has 2 atom stereocenters. The monoisotopic (exact) mass is 257 g/mol.